The summed E-state index contributed by atoms with van der Waals surface area (Å²) in [5, 5.41) is 0. The second-order valence-corrected chi connectivity index (χ2v) is 38.4. The predicted octanol–water partition coefficient (Wildman–Crippen LogP) is 33.9. The molecule has 0 N–H and O–H groups in total. The Bertz CT molecular complexity index is 10600. The number of aromatic nitrogens is 9. The molecule has 0 amide bonds. The monoisotopic (exact) mass is 1930 g/mol. The predicted molar refractivity (Wildman–Crippen MR) is 605 cm³/mol. The minimum atomic E-state index is -0.822. The van der Waals surface area contributed by atoms with Gasteiger partial charge in [0.05, 0.1) is 36.9 Å². The zero-order valence-corrected chi connectivity index (χ0v) is 80.4. The Hall–Kier alpha value is -18.6. The van der Waals surface area contributed by atoms with Crippen molar-refractivity contribution in [2.75, 3.05) is 0 Å². The summed E-state index contributed by atoms with van der Waals surface area (Å²) in [5.41, 5.74) is 33.6. The standard InChI is InChI=1S/C53H33N3.C46H35N3.C41H29N3/c1-3-15-33(16-4-1)36-22-13-23-37-38-24-14-25-43(45(38)32-44(36)37)52-55-50(34-17-5-2-6-18-34)54-51(56-52)35-29-30-42-41-21-9-12-28-48(41)53(49(42)31-35)46-26-10-7-19-39(46)40-20-8-11-27-47(40)53;1-4-14-30(15-5-1)33-19-12-20-34-35-21-13-22-38(40(35)29-39(33)34)45-48-43(31-16-6-2-7-17-31)47-44(49-45)32-24-25-37-36-18-8-9-23-41(36)46(42(37)28-32)26-10-3-11-27-46;1-27-12-8-18-31(24-27)40-42-39(29-15-6-3-7-16-29)43-41(44-40)32-19-9-17-30(25-32)34-21-11-23-36-35-22-10-20-33(37(35)26-38(34)36)28-13-4-2-5-14-28/h1-31H,32H2;1-2,4-9,12-25,28H,3,10-11,26-27,29H2;2-25H,26H2,1H3/i;;2D,3D,4D,5D,6D,7D,8D,9D,10D,11D,12D,13D,14D,15D,16D,17D,18D,19D,20D,21D,22D,23D,24D. The van der Waals surface area contributed by atoms with Crippen LogP contribution in [0.25, 0.3) is 214 Å². The summed E-state index contributed by atoms with van der Waals surface area (Å²) < 4.78 is 199. The van der Waals surface area contributed by atoms with Gasteiger partial charge in [-0.15, -0.1) is 0 Å². The molecule has 1 saturated carbocycles. The molecule has 9 nitrogen and oxygen atoms in total. The number of benzene rings is 20. The molecule has 0 saturated heterocycles. The molecule has 20 aromatic carbocycles. The molecule has 30 rings (SSSR count). The van der Waals surface area contributed by atoms with Crippen molar-refractivity contribution in [2.24, 2.45) is 0 Å². The quantitative estimate of drug-likeness (QED) is 0.111. The van der Waals surface area contributed by atoms with Gasteiger partial charge in [0.1, 0.15) is 0 Å². The molecule has 2 spiro atoms. The van der Waals surface area contributed by atoms with Gasteiger partial charge < -0.3 is 0 Å². The smallest absolute Gasteiger partial charge is 0.164 e. The molecule has 23 aromatic rings. The summed E-state index contributed by atoms with van der Waals surface area (Å²) in [6.45, 7) is 1.34. The van der Waals surface area contributed by atoms with Gasteiger partial charge in [0.15, 0.2) is 52.4 Å². The van der Waals surface area contributed by atoms with Gasteiger partial charge in [0, 0.05) is 68.3 Å². The Balaban J connectivity index is 0.000000120. The molecule has 0 aliphatic heterocycles. The molecule has 1 fully saturated rings. The summed E-state index contributed by atoms with van der Waals surface area (Å²) in [6, 6.07) is 103. The Morgan fingerprint density at radius 2 is 0.490 bits per heavy atom. The van der Waals surface area contributed by atoms with Gasteiger partial charge in [-0.1, -0.05) is 473 Å². The highest BCUT2D eigenvalue weighted by molar-refractivity contribution is 5.99. The van der Waals surface area contributed by atoms with E-state index in [9.17, 15) is 1.37 Å². The minimum absolute atomic E-state index is 0.0486. The van der Waals surface area contributed by atoms with Crippen LogP contribution in [0.3, 0.4) is 0 Å². The van der Waals surface area contributed by atoms with Crippen molar-refractivity contribution in [1.82, 2.24) is 44.9 Å². The fourth-order valence-electron chi connectivity index (χ4n) is 23.8. The highest BCUT2D eigenvalue weighted by Crippen LogP contribution is 2.64. The normalized spacial score (nSPS) is 15.6. The van der Waals surface area contributed by atoms with E-state index in [4.69, 9.17) is 60.1 Å². The average molecular weight is 1930 g/mol. The van der Waals surface area contributed by atoms with Gasteiger partial charge in [-0.25, -0.2) is 44.9 Å². The summed E-state index contributed by atoms with van der Waals surface area (Å²) in [5.74, 6) is 2.38. The van der Waals surface area contributed by atoms with Crippen LogP contribution in [0.15, 0.2) is 473 Å². The molecular weight excluding hydrogens is 1810 g/mol. The third-order valence-electron chi connectivity index (χ3n) is 30.3. The first kappa shape index (κ1) is 67.1. The van der Waals surface area contributed by atoms with Crippen molar-refractivity contribution >= 4 is 0 Å². The van der Waals surface area contributed by atoms with Gasteiger partial charge in [-0.3, -0.25) is 0 Å². The Kier molecular flexibility index (Phi) is 16.5. The van der Waals surface area contributed by atoms with Crippen LogP contribution in [0.2, 0.25) is 0 Å². The largest absolute Gasteiger partial charge is 0.208 e. The van der Waals surface area contributed by atoms with Gasteiger partial charge in [0.25, 0.3) is 0 Å². The maximum Gasteiger partial charge on any atom is 0.164 e. The Morgan fingerprint density at radius 1 is 0.181 bits per heavy atom. The second-order valence-electron chi connectivity index (χ2n) is 38.4. The highest BCUT2D eigenvalue weighted by Gasteiger charge is 2.52. The van der Waals surface area contributed by atoms with Crippen LogP contribution in [-0.2, 0) is 30.1 Å². The van der Waals surface area contributed by atoms with E-state index in [2.05, 4.69) is 318 Å². The molecule has 0 bridgehead atoms. The molecule has 0 atom stereocenters. The van der Waals surface area contributed by atoms with Gasteiger partial charge in [-0.2, -0.15) is 0 Å². The first-order valence-electron chi connectivity index (χ1n) is 61.6. The first-order valence-corrected chi connectivity index (χ1v) is 50.1. The third-order valence-corrected chi connectivity index (χ3v) is 30.3. The van der Waals surface area contributed by atoms with E-state index < -0.39 is 191 Å². The van der Waals surface area contributed by atoms with Crippen molar-refractivity contribution in [3.8, 4) is 214 Å². The summed E-state index contributed by atoms with van der Waals surface area (Å²) in [7, 11) is 0. The van der Waals surface area contributed by atoms with Crippen LogP contribution >= 0.6 is 0 Å². The molecule has 702 valence electrons. The number of fused-ring (bicyclic) bond motifs is 24. The number of hydrogen-bond acceptors (Lipinski definition) is 9. The molecule has 3 aromatic heterocycles. The third kappa shape index (κ3) is 15.1. The minimum Gasteiger partial charge on any atom is -0.208 e. The summed E-state index contributed by atoms with van der Waals surface area (Å²) in [4.78, 5) is 44.6. The van der Waals surface area contributed by atoms with E-state index >= 15 is 0 Å². The molecule has 7 aliphatic carbocycles. The maximum atomic E-state index is 9.19. The lowest BCUT2D eigenvalue weighted by Crippen LogP contribution is -2.28. The van der Waals surface area contributed by atoms with E-state index in [0.717, 1.165) is 63.9 Å². The number of hydrogen-bond donors (Lipinski definition) is 0. The number of rotatable bonds is 13. The molecule has 3 heterocycles. The van der Waals surface area contributed by atoms with Gasteiger partial charge in [-0.05, 0) is 228 Å². The Labute approximate surface area is 899 Å². The SMILES string of the molecule is [2H]c1c(-c2nc(-c3c([2H])c([2H])c([2H])c([2H])c3[2H])nc(-c3c([2H])c([2H])c([2H])c(C)c3[2H])n2)cc(-c2c([2H])c([2H])c([2H])c3c2Cc2c(-c4c([2H])c([2H])c([2H])c([2H])c4[2H])c([2H])c([2H])c([2H])c2-3)c([2H])c1[2H].c1ccc(-c2nc(-c3ccc4c(c3)C3(CCCCC3)c3ccccc3-4)nc(-c3cccc4c3Cc3c(-c5ccccc5)cccc3-4)n2)cc1.c1ccc(-c2nc(-c3ccc4c(c3)C3(c5ccccc5-c5ccccc53)c3ccccc3-4)nc(-c3cccc4c3Cc3c(-c5ccccc5)cccc3-4)n2)cc1. The van der Waals surface area contributed by atoms with Crippen LogP contribution < -0.4 is 0 Å². The summed E-state index contributed by atoms with van der Waals surface area (Å²) in [6.07, 6.45) is 7.43. The van der Waals surface area contributed by atoms with Crippen molar-refractivity contribution in [1.29, 1.82) is 0 Å². The van der Waals surface area contributed by atoms with Crippen molar-refractivity contribution in [3.05, 3.63) is 545 Å². The van der Waals surface area contributed by atoms with Crippen LogP contribution in [0, 0.1) is 6.92 Å². The molecule has 0 unspecified atom stereocenters. The number of nitrogens with zero attached hydrogens (tertiary/aromatic N) is 9. The van der Waals surface area contributed by atoms with Crippen molar-refractivity contribution in [3.63, 3.8) is 0 Å². The van der Waals surface area contributed by atoms with Crippen LogP contribution in [0.4, 0.5) is 0 Å². The zero-order valence-electron chi connectivity index (χ0n) is 103. The lowest BCUT2D eigenvalue weighted by atomic mass is 9.67. The fraction of sp³-hybridized carbons (Fsp3) is 0.0786. The maximum absolute atomic E-state index is 9.19. The highest BCUT2D eigenvalue weighted by atomic mass is 15.1. The van der Waals surface area contributed by atoms with E-state index in [1.165, 1.54) is 173 Å². The van der Waals surface area contributed by atoms with Crippen molar-refractivity contribution < 1.29 is 31.5 Å². The summed E-state index contributed by atoms with van der Waals surface area (Å²) >= 11 is 0. The average Bonchev–Trinajstić information content (AvgIpc) is 1.50. The first-order chi connectivity index (χ1) is 83.3. The fourth-order valence-corrected chi connectivity index (χ4v) is 23.8. The van der Waals surface area contributed by atoms with Crippen LogP contribution in [-0.4, -0.2) is 44.9 Å². The van der Waals surface area contributed by atoms with Gasteiger partial charge in [0.2, 0.25) is 0 Å². The second kappa shape index (κ2) is 36.6. The molecule has 0 radical (unpaired) electrons. The molecular formula is C140H97N9. The molecule has 9 heteroatoms. The topological polar surface area (TPSA) is 116 Å². The zero-order chi connectivity index (χ0) is 119. The van der Waals surface area contributed by atoms with E-state index in [-0.39, 0.29) is 49.9 Å². The molecule has 149 heavy (non-hydrogen) atoms. The van der Waals surface area contributed by atoms with Crippen molar-refractivity contribution in [2.45, 2.75) is 69.1 Å². The van der Waals surface area contributed by atoms with Crippen LogP contribution in [0.5, 0.6) is 0 Å². The van der Waals surface area contributed by atoms with E-state index in [1.807, 2.05) is 24.3 Å². The van der Waals surface area contributed by atoms with Crippen LogP contribution in [0.1, 0.15) is 136 Å². The van der Waals surface area contributed by atoms with Gasteiger partial charge >= 0.3 is 0 Å². The Morgan fingerprint density at radius 3 is 0.973 bits per heavy atom. The lowest BCUT2D eigenvalue weighted by Gasteiger charge is -2.36. The molecule has 7 aliphatic rings. The van der Waals surface area contributed by atoms with E-state index in [0.29, 0.717) is 23.3 Å². The lowest BCUT2D eigenvalue weighted by molar-refractivity contribution is 0.353. The van der Waals surface area contributed by atoms with E-state index in [1.54, 1.807) is 0 Å².